The molecule has 0 fully saturated rings. The molecule has 5 heteroatoms. The van der Waals surface area contributed by atoms with Crippen LogP contribution in [0.25, 0.3) is 0 Å². The average molecular weight is 322 g/mol. The molecular formula is C17H13F3OS. The number of alkyl halides is 3. The summed E-state index contributed by atoms with van der Waals surface area (Å²) in [5, 5.41) is 9.43. The predicted octanol–water partition coefficient (Wildman–Crippen LogP) is 4.86. The van der Waals surface area contributed by atoms with Gasteiger partial charge in [-0.3, -0.25) is 0 Å². The van der Waals surface area contributed by atoms with Gasteiger partial charge >= 0.3 is 6.18 Å². The summed E-state index contributed by atoms with van der Waals surface area (Å²) >= 11 is 1.47. The van der Waals surface area contributed by atoms with E-state index in [2.05, 4.69) is 11.8 Å². The molecule has 0 radical (unpaired) electrons. The molecule has 2 aromatic carbocycles. The second kappa shape index (κ2) is 6.80. The minimum atomic E-state index is -4.35. The molecule has 0 aliphatic heterocycles. The summed E-state index contributed by atoms with van der Waals surface area (Å²) in [5.74, 6) is 6.27. The monoisotopic (exact) mass is 322 g/mol. The number of phenols is 1. The second-order valence-corrected chi connectivity index (χ2v) is 5.67. The number of aryl methyl sites for hydroxylation is 1. The maximum atomic E-state index is 12.6. The molecule has 0 saturated carbocycles. The van der Waals surface area contributed by atoms with Crippen LogP contribution in [0, 0.1) is 18.8 Å². The number of hydrogen-bond donors (Lipinski definition) is 1. The Kier molecular flexibility index (Phi) is 5.04. The fraction of sp³-hybridized carbons (Fsp3) is 0.176. The van der Waals surface area contributed by atoms with Crippen LogP contribution < -0.4 is 0 Å². The van der Waals surface area contributed by atoms with Crippen molar-refractivity contribution in [3.8, 4) is 17.6 Å². The van der Waals surface area contributed by atoms with Gasteiger partial charge in [0.2, 0.25) is 0 Å². The van der Waals surface area contributed by atoms with Gasteiger partial charge in [0.1, 0.15) is 5.75 Å². The zero-order valence-electron chi connectivity index (χ0n) is 11.7. The summed E-state index contributed by atoms with van der Waals surface area (Å²) in [7, 11) is 0. The molecule has 0 aromatic heterocycles. The molecule has 0 aliphatic rings. The van der Waals surface area contributed by atoms with E-state index in [1.807, 2.05) is 6.07 Å². The zero-order chi connectivity index (χ0) is 16.2. The SMILES string of the molecule is Cc1cc(SCC#Cc2cccc(C(F)(F)F)c2)ccc1O. The van der Waals surface area contributed by atoms with E-state index in [4.69, 9.17) is 0 Å². The third-order valence-corrected chi connectivity index (χ3v) is 3.78. The first-order chi connectivity index (χ1) is 10.4. The highest BCUT2D eigenvalue weighted by atomic mass is 32.2. The van der Waals surface area contributed by atoms with Crippen molar-refractivity contribution < 1.29 is 18.3 Å². The van der Waals surface area contributed by atoms with Gasteiger partial charge in [-0.2, -0.15) is 13.2 Å². The smallest absolute Gasteiger partial charge is 0.416 e. The van der Waals surface area contributed by atoms with Crippen molar-refractivity contribution in [1.29, 1.82) is 0 Å². The molecular weight excluding hydrogens is 309 g/mol. The fourth-order valence-electron chi connectivity index (χ4n) is 1.75. The van der Waals surface area contributed by atoms with Crippen LogP contribution in [0.15, 0.2) is 47.4 Å². The van der Waals surface area contributed by atoms with Crippen molar-refractivity contribution in [2.24, 2.45) is 0 Å². The molecule has 0 atom stereocenters. The Labute approximate surface area is 131 Å². The Balaban J connectivity index is 2.01. The van der Waals surface area contributed by atoms with Crippen LogP contribution in [0.3, 0.4) is 0 Å². The van der Waals surface area contributed by atoms with E-state index in [0.29, 0.717) is 11.3 Å². The van der Waals surface area contributed by atoms with Gasteiger partial charge in [-0.25, -0.2) is 0 Å². The van der Waals surface area contributed by atoms with Gasteiger partial charge in [-0.1, -0.05) is 17.9 Å². The molecule has 0 spiro atoms. The van der Waals surface area contributed by atoms with E-state index in [1.54, 1.807) is 25.1 Å². The van der Waals surface area contributed by atoms with Crippen molar-refractivity contribution in [2.45, 2.75) is 18.0 Å². The van der Waals surface area contributed by atoms with Crippen LogP contribution in [0.5, 0.6) is 5.75 Å². The van der Waals surface area contributed by atoms with Crippen LogP contribution in [0.4, 0.5) is 13.2 Å². The van der Waals surface area contributed by atoms with Crippen LogP contribution in [0.2, 0.25) is 0 Å². The van der Waals surface area contributed by atoms with Crippen molar-refractivity contribution >= 4 is 11.8 Å². The van der Waals surface area contributed by atoms with Crippen molar-refractivity contribution in [3.05, 3.63) is 59.2 Å². The van der Waals surface area contributed by atoms with Gasteiger partial charge in [0.15, 0.2) is 0 Å². The van der Waals surface area contributed by atoms with Crippen LogP contribution >= 0.6 is 11.8 Å². The van der Waals surface area contributed by atoms with E-state index in [9.17, 15) is 18.3 Å². The quantitative estimate of drug-likeness (QED) is 0.629. The van der Waals surface area contributed by atoms with Gasteiger partial charge in [0.05, 0.1) is 11.3 Å². The van der Waals surface area contributed by atoms with Gasteiger partial charge in [0.25, 0.3) is 0 Å². The second-order valence-electron chi connectivity index (χ2n) is 4.62. The highest BCUT2D eigenvalue weighted by molar-refractivity contribution is 7.99. The largest absolute Gasteiger partial charge is 0.508 e. The van der Waals surface area contributed by atoms with Gasteiger partial charge in [-0.15, -0.1) is 11.8 Å². The van der Waals surface area contributed by atoms with Crippen molar-refractivity contribution in [2.75, 3.05) is 5.75 Å². The predicted molar refractivity (Wildman–Crippen MR) is 81.9 cm³/mol. The van der Waals surface area contributed by atoms with Crippen LogP contribution in [0.1, 0.15) is 16.7 Å². The number of benzene rings is 2. The summed E-state index contributed by atoms with van der Waals surface area (Å²) in [5.41, 5.74) is 0.425. The first-order valence-electron chi connectivity index (χ1n) is 6.45. The van der Waals surface area contributed by atoms with E-state index < -0.39 is 11.7 Å². The zero-order valence-corrected chi connectivity index (χ0v) is 12.6. The Morgan fingerprint density at radius 3 is 2.59 bits per heavy atom. The van der Waals surface area contributed by atoms with E-state index in [1.165, 1.54) is 17.8 Å². The molecule has 0 unspecified atom stereocenters. The molecule has 22 heavy (non-hydrogen) atoms. The summed E-state index contributed by atoms with van der Waals surface area (Å²) in [6.45, 7) is 1.80. The maximum Gasteiger partial charge on any atom is 0.416 e. The molecule has 114 valence electrons. The van der Waals surface area contributed by atoms with E-state index >= 15 is 0 Å². The Morgan fingerprint density at radius 2 is 1.91 bits per heavy atom. The van der Waals surface area contributed by atoms with Gasteiger partial charge in [0, 0.05) is 10.5 Å². The molecule has 1 N–H and O–H groups in total. The molecule has 2 aromatic rings. The minimum Gasteiger partial charge on any atom is -0.508 e. The lowest BCUT2D eigenvalue weighted by molar-refractivity contribution is -0.137. The Bertz CT molecular complexity index is 727. The Morgan fingerprint density at radius 1 is 1.14 bits per heavy atom. The highest BCUT2D eigenvalue weighted by Crippen LogP contribution is 2.29. The molecule has 0 saturated heterocycles. The lowest BCUT2D eigenvalue weighted by atomic mass is 10.1. The average Bonchev–Trinajstić information content (AvgIpc) is 2.47. The Hall–Kier alpha value is -2.06. The van der Waals surface area contributed by atoms with E-state index in [0.717, 1.165) is 22.6 Å². The summed E-state index contributed by atoms with van der Waals surface area (Å²) in [6, 6.07) is 10.2. The molecule has 0 aliphatic carbocycles. The molecule has 0 bridgehead atoms. The van der Waals surface area contributed by atoms with Crippen LogP contribution in [-0.2, 0) is 6.18 Å². The number of rotatable bonds is 2. The number of thioether (sulfide) groups is 1. The fourth-order valence-corrected chi connectivity index (χ4v) is 2.48. The molecule has 0 amide bonds. The summed E-state index contributed by atoms with van der Waals surface area (Å²) < 4.78 is 37.7. The molecule has 0 heterocycles. The van der Waals surface area contributed by atoms with Gasteiger partial charge < -0.3 is 5.11 Å². The first kappa shape index (κ1) is 16.3. The number of phenolic OH excluding ortho intramolecular Hbond substituents is 1. The molecule has 2 rings (SSSR count). The first-order valence-corrected chi connectivity index (χ1v) is 7.43. The number of halogens is 3. The molecule has 1 nitrogen and oxygen atoms in total. The lowest BCUT2D eigenvalue weighted by Crippen LogP contribution is -2.04. The third kappa shape index (κ3) is 4.47. The lowest BCUT2D eigenvalue weighted by Gasteiger charge is -2.05. The van der Waals surface area contributed by atoms with Crippen LogP contribution in [-0.4, -0.2) is 10.9 Å². The minimum absolute atomic E-state index is 0.236. The van der Waals surface area contributed by atoms with Gasteiger partial charge in [-0.05, 0) is 48.9 Å². The van der Waals surface area contributed by atoms with Crippen molar-refractivity contribution in [1.82, 2.24) is 0 Å². The third-order valence-electron chi connectivity index (χ3n) is 2.90. The highest BCUT2D eigenvalue weighted by Gasteiger charge is 2.30. The topological polar surface area (TPSA) is 20.2 Å². The van der Waals surface area contributed by atoms with E-state index in [-0.39, 0.29) is 5.75 Å². The number of hydrogen-bond acceptors (Lipinski definition) is 2. The summed E-state index contributed by atoms with van der Waals surface area (Å²) in [4.78, 5) is 0.952. The summed E-state index contributed by atoms with van der Waals surface area (Å²) in [6.07, 6.45) is -4.35. The normalized spacial score (nSPS) is 10.9. The number of aromatic hydroxyl groups is 1. The maximum absolute atomic E-state index is 12.6. The standard InChI is InChI=1S/C17H13F3OS/c1-12-10-15(7-8-16(12)21)22-9-3-5-13-4-2-6-14(11-13)17(18,19)20/h2,4,6-8,10-11,21H,9H2,1H3. The van der Waals surface area contributed by atoms with Crippen molar-refractivity contribution in [3.63, 3.8) is 0 Å².